The number of hydrogen-bond acceptors (Lipinski definition) is 1. The first-order chi connectivity index (χ1) is 5.62. The largest absolute Gasteiger partial charge is 0.385 e. The van der Waals surface area contributed by atoms with Gasteiger partial charge in [0, 0.05) is 17.7 Å². The van der Waals surface area contributed by atoms with Crippen molar-refractivity contribution in [3.8, 4) is 0 Å². The van der Waals surface area contributed by atoms with E-state index in [0.717, 1.165) is 5.92 Å². The van der Waals surface area contributed by atoms with Gasteiger partial charge in [-0.1, -0.05) is 19.9 Å². The van der Waals surface area contributed by atoms with E-state index >= 15 is 0 Å². The van der Waals surface area contributed by atoms with Crippen LogP contribution in [0.1, 0.15) is 40.0 Å². The highest BCUT2D eigenvalue weighted by Gasteiger charge is 2.43. The molecule has 0 amide bonds. The summed E-state index contributed by atoms with van der Waals surface area (Å²) in [7, 11) is 0. The number of hydrogen-bond donors (Lipinski definition) is 1. The molecule has 0 aromatic carbocycles. The van der Waals surface area contributed by atoms with Gasteiger partial charge in [0.05, 0.1) is 0 Å². The molecule has 1 heterocycles. The van der Waals surface area contributed by atoms with E-state index in [4.69, 9.17) is 0 Å². The van der Waals surface area contributed by atoms with Crippen molar-refractivity contribution in [2.24, 2.45) is 11.3 Å². The maximum Gasteiger partial charge on any atom is 0.0287 e. The average Bonchev–Trinajstić information content (AvgIpc) is 2.25. The number of allylic oxidation sites excluding steroid dienone is 2. The van der Waals surface area contributed by atoms with Gasteiger partial charge in [-0.05, 0) is 31.6 Å². The molecule has 1 fully saturated rings. The predicted molar refractivity (Wildman–Crippen MR) is 51.8 cm³/mol. The average molecular weight is 165 g/mol. The third kappa shape index (κ3) is 0.988. The van der Waals surface area contributed by atoms with Crippen LogP contribution in [-0.2, 0) is 0 Å². The lowest BCUT2D eigenvalue weighted by molar-refractivity contribution is 0.233. The summed E-state index contributed by atoms with van der Waals surface area (Å²) in [6.07, 6.45) is 6.45. The Kier molecular flexibility index (Phi) is 1.71. The Bertz CT molecular complexity index is 215. The van der Waals surface area contributed by atoms with Crippen LogP contribution >= 0.6 is 0 Å². The number of fused-ring (bicyclic) bond motifs is 1. The molecule has 0 spiro atoms. The highest BCUT2D eigenvalue weighted by molar-refractivity contribution is 5.20. The lowest BCUT2D eigenvalue weighted by Crippen LogP contribution is -2.31. The van der Waals surface area contributed by atoms with Crippen LogP contribution in [0.25, 0.3) is 0 Å². The summed E-state index contributed by atoms with van der Waals surface area (Å²) in [5.74, 6) is 0.807. The quantitative estimate of drug-likeness (QED) is 0.582. The third-order valence-corrected chi connectivity index (χ3v) is 3.83. The Morgan fingerprint density at radius 2 is 2.25 bits per heavy atom. The SMILES string of the molecule is CC1NC2=CCCCC2C1(C)C. The molecular formula is C11H19N. The molecule has 0 radical (unpaired) electrons. The molecule has 1 nitrogen and oxygen atoms in total. The van der Waals surface area contributed by atoms with Gasteiger partial charge in [0.15, 0.2) is 0 Å². The number of nitrogens with one attached hydrogen (secondary N) is 1. The van der Waals surface area contributed by atoms with E-state index in [1.807, 2.05) is 0 Å². The van der Waals surface area contributed by atoms with Gasteiger partial charge in [-0.15, -0.1) is 0 Å². The number of rotatable bonds is 0. The highest BCUT2D eigenvalue weighted by atomic mass is 15.0. The van der Waals surface area contributed by atoms with Crippen LogP contribution in [-0.4, -0.2) is 6.04 Å². The minimum atomic E-state index is 0.465. The summed E-state index contributed by atoms with van der Waals surface area (Å²) in [6.45, 7) is 7.09. The Labute approximate surface area is 75.2 Å². The van der Waals surface area contributed by atoms with E-state index in [2.05, 4.69) is 32.2 Å². The van der Waals surface area contributed by atoms with Crippen molar-refractivity contribution in [2.75, 3.05) is 0 Å². The topological polar surface area (TPSA) is 12.0 Å². The first kappa shape index (κ1) is 8.15. The second-order valence-corrected chi connectivity index (χ2v) is 4.83. The lowest BCUT2D eigenvalue weighted by atomic mass is 9.72. The summed E-state index contributed by atoms with van der Waals surface area (Å²) in [5.41, 5.74) is 1.99. The van der Waals surface area contributed by atoms with Crippen molar-refractivity contribution < 1.29 is 0 Å². The monoisotopic (exact) mass is 165 g/mol. The maximum atomic E-state index is 3.61. The summed E-state index contributed by atoms with van der Waals surface area (Å²) < 4.78 is 0. The van der Waals surface area contributed by atoms with Gasteiger partial charge in [0.1, 0.15) is 0 Å². The molecule has 1 N–H and O–H groups in total. The fourth-order valence-corrected chi connectivity index (χ4v) is 2.55. The van der Waals surface area contributed by atoms with E-state index < -0.39 is 0 Å². The van der Waals surface area contributed by atoms with E-state index in [9.17, 15) is 0 Å². The summed E-state index contributed by atoms with van der Waals surface area (Å²) in [6, 6.07) is 0.645. The van der Waals surface area contributed by atoms with Crippen LogP contribution in [0.4, 0.5) is 0 Å². The molecule has 0 aromatic rings. The molecule has 2 aliphatic rings. The van der Waals surface area contributed by atoms with Crippen LogP contribution in [0.3, 0.4) is 0 Å². The normalized spacial score (nSPS) is 38.4. The van der Waals surface area contributed by atoms with E-state index in [1.165, 1.54) is 25.0 Å². The fourth-order valence-electron chi connectivity index (χ4n) is 2.55. The summed E-state index contributed by atoms with van der Waals surface area (Å²) in [5, 5.41) is 3.61. The molecule has 1 aliphatic carbocycles. The fraction of sp³-hybridized carbons (Fsp3) is 0.818. The zero-order valence-electron chi connectivity index (χ0n) is 8.35. The zero-order valence-corrected chi connectivity index (χ0v) is 8.35. The van der Waals surface area contributed by atoms with Crippen LogP contribution in [0.5, 0.6) is 0 Å². The minimum absolute atomic E-state index is 0.465. The standard InChI is InChI=1S/C11H19N/c1-8-11(2,3)9-6-4-5-7-10(9)12-8/h7-9,12H,4-6H2,1-3H3. The van der Waals surface area contributed by atoms with Crippen molar-refractivity contribution in [1.82, 2.24) is 5.32 Å². The molecule has 0 bridgehead atoms. The van der Waals surface area contributed by atoms with Gasteiger partial charge in [-0.3, -0.25) is 0 Å². The second kappa shape index (κ2) is 2.51. The van der Waals surface area contributed by atoms with Crippen molar-refractivity contribution >= 4 is 0 Å². The molecule has 0 saturated carbocycles. The van der Waals surface area contributed by atoms with Gasteiger partial charge in [-0.25, -0.2) is 0 Å². The van der Waals surface area contributed by atoms with Crippen molar-refractivity contribution in [1.29, 1.82) is 0 Å². The first-order valence-electron chi connectivity index (χ1n) is 5.09. The Hall–Kier alpha value is -0.460. The van der Waals surface area contributed by atoms with Gasteiger partial charge in [-0.2, -0.15) is 0 Å². The molecule has 2 atom stereocenters. The predicted octanol–water partition coefficient (Wildman–Crippen LogP) is 2.69. The summed E-state index contributed by atoms with van der Waals surface area (Å²) >= 11 is 0. The highest BCUT2D eigenvalue weighted by Crippen LogP contribution is 2.45. The molecule has 1 saturated heterocycles. The zero-order chi connectivity index (χ0) is 8.77. The van der Waals surface area contributed by atoms with Crippen LogP contribution in [0, 0.1) is 11.3 Å². The smallest absolute Gasteiger partial charge is 0.0287 e. The van der Waals surface area contributed by atoms with Crippen molar-refractivity contribution in [3.63, 3.8) is 0 Å². The van der Waals surface area contributed by atoms with Crippen LogP contribution in [0.15, 0.2) is 11.8 Å². The van der Waals surface area contributed by atoms with Gasteiger partial charge < -0.3 is 5.32 Å². The van der Waals surface area contributed by atoms with Gasteiger partial charge in [0.25, 0.3) is 0 Å². The third-order valence-electron chi connectivity index (χ3n) is 3.83. The molecule has 12 heavy (non-hydrogen) atoms. The molecule has 1 aliphatic heterocycles. The van der Waals surface area contributed by atoms with Gasteiger partial charge >= 0.3 is 0 Å². The van der Waals surface area contributed by atoms with E-state index in [0.29, 0.717) is 11.5 Å². The molecule has 1 heteroatoms. The molecule has 68 valence electrons. The first-order valence-corrected chi connectivity index (χ1v) is 5.09. The Morgan fingerprint density at radius 1 is 1.50 bits per heavy atom. The van der Waals surface area contributed by atoms with Crippen LogP contribution < -0.4 is 5.32 Å². The molecule has 2 unspecified atom stereocenters. The molecule has 2 rings (SSSR count). The Balaban J connectivity index is 2.29. The lowest BCUT2D eigenvalue weighted by Gasteiger charge is -2.30. The van der Waals surface area contributed by atoms with Crippen LogP contribution in [0.2, 0.25) is 0 Å². The van der Waals surface area contributed by atoms with E-state index in [-0.39, 0.29) is 0 Å². The minimum Gasteiger partial charge on any atom is -0.385 e. The van der Waals surface area contributed by atoms with Crippen molar-refractivity contribution in [2.45, 2.75) is 46.1 Å². The molecular weight excluding hydrogens is 146 g/mol. The summed E-state index contributed by atoms with van der Waals surface area (Å²) in [4.78, 5) is 0. The second-order valence-electron chi connectivity index (χ2n) is 4.83. The maximum absolute atomic E-state index is 3.61. The van der Waals surface area contributed by atoms with Crippen molar-refractivity contribution in [3.05, 3.63) is 11.8 Å². The Morgan fingerprint density at radius 3 is 2.92 bits per heavy atom. The molecule has 0 aromatic heterocycles. The van der Waals surface area contributed by atoms with E-state index in [1.54, 1.807) is 0 Å². The van der Waals surface area contributed by atoms with Gasteiger partial charge in [0.2, 0.25) is 0 Å².